The van der Waals surface area contributed by atoms with Gasteiger partial charge in [0, 0.05) is 33.3 Å². The van der Waals surface area contributed by atoms with Gasteiger partial charge in [-0.3, -0.25) is 0 Å². The summed E-state index contributed by atoms with van der Waals surface area (Å²) in [6.45, 7) is 0. The van der Waals surface area contributed by atoms with Crippen molar-refractivity contribution >= 4 is 73.0 Å². The summed E-state index contributed by atoms with van der Waals surface area (Å²) in [7, 11) is 0. The molecule has 0 saturated heterocycles. The van der Waals surface area contributed by atoms with Crippen LogP contribution in [0.1, 0.15) is 0 Å². The lowest BCUT2D eigenvalue weighted by Crippen LogP contribution is -1.53. The molecule has 1 rings (SSSR count). The number of halogens is 6. The van der Waals surface area contributed by atoms with Crippen LogP contribution in [0.3, 0.4) is 0 Å². The lowest BCUT2D eigenvalue weighted by atomic mass is 11.9. The first-order valence-corrected chi connectivity index (χ1v) is 28.4. The molecule has 1 aliphatic heterocycles. The normalized spacial score (nSPS) is 22.7. The standard InChI is InChI=1S/CFI5/c2-1-3-5-7-6-4-1. The summed E-state index contributed by atoms with van der Waals surface area (Å²) in [6, 6.07) is 0. The van der Waals surface area contributed by atoms with E-state index in [-0.39, 0.29) is 33.3 Å². The smallest absolute Gasteiger partial charge is 0.193 e. The molecule has 7 heavy (non-hydrogen) atoms. The van der Waals surface area contributed by atoms with Crippen LogP contribution in [-0.2, 0) is 0 Å². The predicted octanol–water partition coefficient (Wildman–Crippen LogP) is 4.57. The quantitative estimate of drug-likeness (QED) is 0.333. The highest BCUT2D eigenvalue weighted by Gasteiger charge is 1.88. The molecule has 0 atom stereocenters. The molecule has 0 unspecified atom stereocenters. The third kappa shape index (κ3) is 4.00. The van der Waals surface area contributed by atoms with Crippen molar-refractivity contribution in [2.24, 2.45) is 0 Å². The van der Waals surface area contributed by atoms with Gasteiger partial charge in [0.25, 0.3) is 0 Å². The van der Waals surface area contributed by atoms with Crippen molar-refractivity contribution in [3.05, 3.63) is 0 Å². The van der Waals surface area contributed by atoms with Gasteiger partial charge < -0.3 is 0 Å². The van der Waals surface area contributed by atoms with Crippen LogP contribution in [0, 0.1) is 0 Å². The second kappa shape index (κ2) is 5.15. The molecular weight excluding hydrogens is 666 g/mol. The van der Waals surface area contributed by atoms with Gasteiger partial charge in [0.05, 0.1) is 0 Å². The summed E-state index contributed by atoms with van der Waals surface area (Å²) in [4.78, 5) is 0. The second-order valence-electron chi connectivity index (χ2n) is 0.519. The highest BCUT2D eigenvalue weighted by molar-refractivity contribution is 15.5. The van der Waals surface area contributed by atoms with Crippen molar-refractivity contribution in [3.63, 3.8) is 0 Å². The molecule has 0 aromatic rings. The molecule has 0 aromatic carbocycles. The Bertz CT molecular complexity index is 144. The van der Waals surface area contributed by atoms with E-state index in [1.54, 1.807) is 0 Å². The Morgan fingerprint density at radius 3 is 2.29 bits per heavy atom. The van der Waals surface area contributed by atoms with Crippen molar-refractivity contribution in [1.29, 1.82) is 0 Å². The molecule has 0 amide bonds. The third-order valence-corrected chi connectivity index (χ3v) is 118. The van der Waals surface area contributed by atoms with Gasteiger partial charge in [0.2, 0.25) is 0 Å². The molecule has 0 N–H and O–H groups in total. The second-order valence-corrected chi connectivity index (χ2v) is 59.5. The van der Waals surface area contributed by atoms with Crippen LogP contribution < -0.4 is 0 Å². The minimum atomic E-state index is 0.137. The van der Waals surface area contributed by atoms with E-state index in [1.165, 1.54) is 0 Å². The Hall–Kier alpha value is 3.45. The fourth-order valence-electron chi connectivity index (χ4n) is 0.0791. The minimum Gasteiger partial charge on any atom is -0.193 e. The van der Waals surface area contributed by atoms with Gasteiger partial charge in [-0.2, -0.15) is 4.39 Å². The average Bonchev–Trinajstić information content (AvgIpc) is 1.69. The van der Waals surface area contributed by atoms with E-state index in [0.717, 1.165) is 12.6 Å². The molecule has 0 fully saturated rings. The Balaban J connectivity index is 2.82. The highest BCUT2D eigenvalue weighted by Crippen LogP contribution is 2.52. The summed E-state index contributed by atoms with van der Waals surface area (Å²) in [6.07, 6.45) is 0. The summed E-state index contributed by atoms with van der Waals surface area (Å²) in [5.74, 6) is 0. The largest absolute Gasteiger partial charge is 0.197 e. The van der Waals surface area contributed by atoms with Crippen LogP contribution >= 0.6 is 71.2 Å². The van der Waals surface area contributed by atoms with Crippen LogP contribution in [0.2, 0.25) is 0 Å². The fourth-order valence-corrected chi connectivity index (χ4v) is 214. The zero-order valence-electron chi connectivity index (χ0n) is 2.77. The van der Waals surface area contributed by atoms with E-state index in [1.807, 2.05) is 0 Å². The minimum absolute atomic E-state index is 0.137. The monoisotopic (exact) mass is 666 g/mol. The van der Waals surface area contributed by atoms with Crippen molar-refractivity contribution in [3.8, 4) is 0 Å². The lowest BCUT2D eigenvalue weighted by Gasteiger charge is -1.80. The van der Waals surface area contributed by atoms with Gasteiger partial charge in [-0.25, -0.2) is 0 Å². The molecule has 0 aliphatic carbocycles. The molecule has 0 bridgehead atoms. The zero-order chi connectivity index (χ0) is 5.11. The molecule has 46 valence electrons. The summed E-state index contributed by atoms with van der Waals surface area (Å²) < 4.78 is 12.8. The predicted molar refractivity (Wildman–Crippen MR) is 76.2 cm³/mol. The molecule has 0 saturated carbocycles. The van der Waals surface area contributed by atoms with Crippen LogP contribution in [0.4, 0.5) is 4.39 Å². The first-order valence-electron chi connectivity index (χ1n) is 1.14. The lowest BCUT2D eigenvalue weighted by molar-refractivity contribution is 0.860. The third-order valence-electron chi connectivity index (χ3n) is 0.203. The topological polar surface area (TPSA) is 0 Å². The molecule has 0 nitrogen and oxygen atoms in total. The van der Waals surface area contributed by atoms with Crippen LogP contribution in [-0.4, -0.2) is 1.77 Å². The molecule has 0 radical (unpaired) electrons. The molecule has 1 aliphatic rings. The molecule has 6 heteroatoms. The number of hydrogen-bond donors (Lipinski definition) is 0. The van der Waals surface area contributed by atoms with E-state index in [4.69, 9.17) is 0 Å². The fraction of sp³-hybridized carbons (Fsp3) is 0. The number of hydrogen-bond acceptors (Lipinski definition) is 0. The highest BCUT2D eigenvalue weighted by atomic mass is 128. The van der Waals surface area contributed by atoms with Crippen molar-refractivity contribution < 1.29 is 4.39 Å². The van der Waals surface area contributed by atoms with Gasteiger partial charge in [0.1, 0.15) is 0 Å². The SMILES string of the molecule is FC1=II=II=I1. The molecule has 1 heterocycles. The zero-order valence-corrected chi connectivity index (χ0v) is 13.6. The van der Waals surface area contributed by atoms with Gasteiger partial charge in [-0.15, -0.1) is 0 Å². The Kier molecular flexibility index (Phi) is 6.28. The Morgan fingerprint density at radius 1 is 1.14 bits per heavy atom. The van der Waals surface area contributed by atoms with Crippen molar-refractivity contribution in [2.45, 2.75) is 0 Å². The molecular formula is CFI5. The van der Waals surface area contributed by atoms with Gasteiger partial charge in [0.15, 0.2) is 1.77 Å². The Labute approximate surface area is 74.5 Å². The first kappa shape index (κ1) is 8.55. The number of rotatable bonds is 0. The van der Waals surface area contributed by atoms with Crippen LogP contribution in [0.5, 0.6) is 0 Å². The summed E-state index contributed by atoms with van der Waals surface area (Å²) >= 11 is 2.14. The van der Waals surface area contributed by atoms with Crippen molar-refractivity contribution in [1.82, 2.24) is 0 Å². The van der Waals surface area contributed by atoms with E-state index in [9.17, 15) is 4.39 Å². The Morgan fingerprint density at radius 2 is 2.00 bits per heavy atom. The van der Waals surface area contributed by atoms with Gasteiger partial charge >= 0.3 is 0 Å². The van der Waals surface area contributed by atoms with Gasteiger partial charge in [-0.05, 0) is 37.9 Å². The van der Waals surface area contributed by atoms with E-state index in [2.05, 4.69) is 0 Å². The molecule has 0 aromatic heterocycles. The van der Waals surface area contributed by atoms with Crippen molar-refractivity contribution in [2.75, 3.05) is 0 Å². The van der Waals surface area contributed by atoms with E-state index in [0.29, 0.717) is 27.0 Å². The van der Waals surface area contributed by atoms with E-state index >= 15 is 0 Å². The first-order chi connectivity index (χ1) is 3.39. The molecule has 0 spiro atoms. The maximum Gasteiger partial charge on any atom is 0.197 e. The van der Waals surface area contributed by atoms with Gasteiger partial charge in [-0.1, -0.05) is 0 Å². The maximum absolute atomic E-state index is 12.3. The summed E-state index contributed by atoms with van der Waals surface area (Å²) in [5, 5.41) is 0. The van der Waals surface area contributed by atoms with Crippen LogP contribution in [0.25, 0.3) is 0 Å². The summed E-state index contributed by atoms with van der Waals surface area (Å²) in [5.41, 5.74) is 0. The average molecular weight is 666 g/mol. The van der Waals surface area contributed by atoms with Crippen LogP contribution in [0.15, 0.2) is 0 Å². The maximum atomic E-state index is 12.3. The van der Waals surface area contributed by atoms with E-state index < -0.39 is 0 Å².